The van der Waals surface area contributed by atoms with Crippen LogP contribution in [0.25, 0.3) is 0 Å². The van der Waals surface area contributed by atoms with Gasteiger partial charge in [-0.3, -0.25) is 9.69 Å². The van der Waals surface area contributed by atoms with Crippen molar-refractivity contribution in [2.24, 2.45) is 0 Å². The lowest BCUT2D eigenvalue weighted by Gasteiger charge is -2.18. The predicted octanol–water partition coefficient (Wildman–Crippen LogP) is 2.04. The van der Waals surface area contributed by atoms with Gasteiger partial charge in [-0.15, -0.1) is 0 Å². The molecule has 0 spiro atoms. The van der Waals surface area contributed by atoms with Crippen LogP contribution < -0.4 is 5.32 Å². The summed E-state index contributed by atoms with van der Waals surface area (Å²) in [6, 6.07) is 5.41. The average Bonchev–Trinajstić information content (AvgIpc) is 2.63. The van der Waals surface area contributed by atoms with E-state index in [9.17, 15) is 9.90 Å². The first-order chi connectivity index (χ1) is 8.85. The number of benzene rings is 1. The van der Waals surface area contributed by atoms with Gasteiger partial charge in [0.05, 0.1) is 12.1 Å². The van der Waals surface area contributed by atoms with Crippen LogP contribution in [0.3, 0.4) is 0 Å². The van der Waals surface area contributed by atoms with Crippen LogP contribution in [0.4, 0.5) is 5.69 Å². The minimum atomic E-state index is -0.674. The molecule has 0 radical (unpaired) electrons. The molecule has 104 valence electrons. The average molecular weight is 283 g/mol. The maximum atomic E-state index is 12.0. The number of carbonyl (C=O) groups excluding carboxylic acids is 1. The molecule has 1 aromatic rings. The lowest BCUT2D eigenvalue weighted by molar-refractivity contribution is -0.117. The molecule has 1 amide bonds. The topological polar surface area (TPSA) is 52.6 Å². The molecule has 1 aliphatic rings. The van der Waals surface area contributed by atoms with Crippen LogP contribution in [0.2, 0.25) is 5.02 Å². The van der Waals surface area contributed by atoms with Gasteiger partial charge >= 0.3 is 0 Å². The monoisotopic (exact) mass is 282 g/mol. The van der Waals surface area contributed by atoms with Gasteiger partial charge in [-0.2, -0.15) is 0 Å². The highest BCUT2D eigenvalue weighted by atomic mass is 35.5. The number of aryl methyl sites for hydroxylation is 1. The van der Waals surface area contributed by atoms with Gasteiger partial charge < -0.3 is 10.4 Å². The zero-order chi connectivity index (χ0) is 14.0. The van der Waals surface area contributed by atoms with Gasteiger partial charge in [0.2, 0.25) is 5.91 Å². The van der Waals surface area contributed by atoms with E-state index in [2.05, 4.69) is 5.32 Å². The molecular formula is C14H19ClN2O2. The van der Waals surface area contributed by atoms with Crippen LogP contribution in [-0.2, 0) is 4.79 Å². The summed E-state index contributed by atoms with van der Waals surface area (Å²) < 4.78 is 0. The van der Waals surface area contributed by atoms with Crippen molar-refractivity contribution in [3.63, 3.8) is 0 Å². The van der Waals surface area contributed by atoms with E-state index in [-0.39, 0.29) is 5.91 Å². The third kappa shape index (κ3) is 3.93. The van der Waals surface area contributed by atoms with E-state index in [1.807, 2.05) is 17.9 Å². The highest BCUT2D eigenvalue weighted by molar-refractivity contribution is 6.31. The molecule has 2 N–H and O–H groups in total. The van der Waals surface area contributed by atoms with E-state index >= 15 is 0 Å². The van der Waals surface area contributed by atoms with Crippen molar-refractivity contribution in [1.82, 2.24) is 4.90 Å². The van der Waals surface area contributed by atoms with Crippen LogP contribution in [0, 0.1) is 6.92 Å². The summed E-state index contributed by atoms with van der Waals surface area (Å²) in [7, 11) is 0. The summed E-state index contributed by atoms with van der Waals surface area (Å²) >= 11 is 5.91. The zero-order valence-electron chi connectivity index (χ0n) is 11.2. The van der Waals surface area contributed by atoms with Crippen molar-refractivity contribution in [3.8, 4) is 0 Å². The molecule has 1 aliphatic heterocycles. The number of aliphatic hydroxyl groups is 1. The molecule has 1 unspecified atom stereocenters. The fourth-order valence-corrected chi connectivity index (χ4v) is 2.47. The van der Waals surface area contributed by atoms with Crippen molar-refractivity contribution in [2.75, 3.05) is 25.0 Å². The van der Waals surface area contributed by atoms with Gasteiger partial charge in [-0.1, -0.05) is 17.7 Å². The molecule has 4 nitrogen and oxygen atoms in total. The number of carbonyl (C=O) groups is 1. The Balaban J connectivity index is 1.93. The summed E-state index contributed by atoms with van der Waals surface area (Å²) in [5.74, 6) is -0.0805. The Morgan fingerprint density at radius 1 is 1.58 bits per heavy atom. The second-order valence-corrected chi connectivity index (χ2v) is 5.90. The predicted molar refractivity (Wildman–Crippen MR) is 76.5 cm³/mol. The van der Waals surface area contributed by atoms with Gasteiger partial charge in [-0.25, -0.2) is 0 Å². The molecule has 1 saturated heterocycles. The van der Waals surface area contributed by atoms with E-state index in [1.54, 1.807) is 19.1 Å². The van der Waals surface area contributed by atoms with E-state index in [0.717, 1.165) is 17.8 Å². The largest absolute Gasteiger partial charge is 0.389 e. The number of amides is 1. The third-order valence-electron chi connectivity index (χ3n) is 3.37. The normalized spacial score (nSPS) is 23.6. The number of rotatable bonds is 3. The number of nitrogens with one attached hydrogen (secondary N) is 1. The number of likely N-dealkylation sites (tertiary alicyclic amines) is 1. The molecule has 5 heteroatoms. The van der Waals surface area contributed by atoms with Crippen molar-refractivity contribution in [2.45, 2.75) is 25.9 Å². The Hall–Kier alpha value is -1.10. The number of nitrogens with zero attached hydrogens (tertiary/aromatic N) is 1. The Morgan fingerprint density at radius 3 is 2.95 bits per heavy atom. The number of hydrogen-bond donors (Lipinski definition) is 2. The molecule has 1 atom stereocenters. The fourth-order valence-electron chi connectivity index (χ4n) is 2.30. The van der Waals surface area contributed by atoms with E-state index < -0.39 is 5.60 Å². The smallest absolute Gasteiger partial charge is 0.238 e. The molecule has 2 rings (SSSR count). The molecule has 0 aromatic heterocycles. The van der Waals surface area contributed by atoms with Crippen LogP contribution in [0.1, 0.15) is 18.9 Å². The lowest BCUT2D eigenvalue weighted by Crippen LogP contribution is -2.35. The Bertz CT molecular complexity index is 488. The van der Waals surface area contributed by atoms with Gasteiger partial charge in [0, 0.05) is 23.8 Å². The van der Waals surface area contributed by atoms with Gasteiger partial charge in [0.15, 0.2) is 0 Å². The summed E-state index contributed by atoms with van der Waals surface area (Å²) in [4.78, 5) is 13.9. The lowest BCUT2D eigenvalue weighted by atomic mass is 10.1. The fraction of sp³-hybridized carbons (Fsp3) is 0.500. The molecular weight excluding hydrogens is 264 g/mol. The van der Waals surface area contributed by atoms with Gasteiger partial charge in [-0.05, 0) is 38.0 Å². The number of β-amino-alcohol motifs (C(OH)–C–C–N with tert-alkyl or cyclic N) is 1. The van der Waals surface area contributed by atoms with Crippen LogP contribution in [-0.4, -0.2) is 41.1 Å². The van der Waals surface area contributed by atoms with E-state index in [0.29, 0.717) is 24.5 Å². The molecule has 19 heavy (non-hydrogen) atoms. The zero-order valence-corrected chi connectivity index (χ0v) is 12.0. The first kappa shape index (κ1) is 14.3. The maximum Gasteiger partial charge on any atom is 0.238 e. The maximum absolute atomic E-state index is 12.0. The quantitative estimate of drug-likeness (QED) is 0.892. The van der Waals surface area contributed by atoms with Crippen LogP contribution in [0.5, 0.6) is 0 Å². The molecule has 1 aromatic carbocycles. The Labute approximate surface area is 118 Å². The van der Waals surface area contributed by atoms with Crippen molar-refractivity contribution >= 4 is 23.2 Å². The second kappa shape index (κ2) is 5.49. The SMILES string of the molecule is Cc1ccc(Cl)cc1NC(=O)CN1CCC(C)(O)C1. The van der Waals surface area contributed by atoms with E-state index in [4.69, 9.17) is 11.6 Å². The summed E-state index contributed by atoms with van der Waals surface area (Å²) in [6.45, 7) is 5.30. The minimum Gasteiger partial charge on any atom is -0.389 e. The Kier molecular flexibility index (Phi) is 4.13. The minimum absolute atomic E-state index is 0.0805. The second-order valence-electron chi connectivity index (χ2n) is 5.47. The van der Waals surface area contributed by atoms with Crippen molar-refractivity contribution < 1.29 is 9.90 Å². The van der Waals surface area contributed by atoms with Crippen molar-refractivity contribution in [1.29, 1.82) is 0 Å². The van der Waals surface area contributed by atoms with E-state index in [1.165, 1.54) is 0 Å². The standard InChI is InChI=1S/C14H19ClN2O2/c1-10-3-4-11(15)7-12(10)16-13(18)8-17-6-5-14(2,19)9-17/h3-4,7,19H,5-6,8-9H2,1-2H3,(H,16,18). The number of anilines is 1. The highest BCUT2D eigenvalue weighted by Gasteiger charge is 2.31. The summed E-state index contributed by atoms with van der Waals surface area (Å²) in [5, 5.41) is 13.3. The van der Waals surface area contributed by atoms with Crippen LogP contribution >= 0.6 is 11.6 Å². The molecule has 0 saturated carbocycles. The molecule has 1 heterocycles. The highest BCUT2D eigenvalue weighted by Crippen LogP contribution is 2.22. The number of hydrogen-bond acceptors (Lipinski definition) is 3. The van der Waals surface area contributed by atoms with Crippen molar-refractivity contribution in [3.05, 3.63) is 28.8 Å². The van der Waals surface area contributed by atoms with Gasteiger partial charge in [0.25, 0.3) is 0 Å². The molecule has 0 aliphatic carbocycles. The number of halogens is 1. The molecule has 1 fully saturated rings. The summed E-state index contributed by atoms with van der Waals surface area (Å²) in [6.07, 6.45) is 0.705. The van der Waals surface area contributed by atoms with Crippen LogP contribution in [0.15, 0.2) is 18.2 Å². The molecule has 0 bridgehead atoms. The Morgan fingerprint density at radius 2 is 2.32 bits per heavy atom. The third-order valence-corrected chi connectivity index (χ3v) is 3.61. The first-order valence-electron chi connectivity index (χ1n) is 6.36. The first-order valence-corrected chi connectivity index (χ1v) is 6.74. The van der Waals surface area contributed by atoms with Gasteiger partial charge in [0.1, 0.15) is 0 Å². The summed E-state index contributed by atoms with van der Waals surface area (Å²) in [5.41, 5.74) is 1.04.